The Kier molecular flexibility index (Phi) is 3.92. The maximum atomic E-state index is 11.5. The summed E-state index contributed by atoms with van der Waals surface area (Å²) in [5, 5.41) is 3.51. The number of fused-ring (bicyclic) bond motifs is 1. The summed E-state index contributed by atoms with van der Waals surface area (Å²) in [5.74, 6) is 0.203. The molecule has 0 bridgehead atoms. The number of carbonyl (C=O) groups excluding carboxylic acids is 1. The Bertz CT molecular complexity index is 500. The van der Waals surface area contributed by atoms with Crippen LogP contribution in [0.4, 0.5) is 5.69 Å². The van der Waals surface area contributed by atoms with E-state index >= 15 is 0 Å². The van der Waals surface area contributed by atoms with E-state index in [1.165, 1.54) is 16.8 Å². The summed E-state index contributed by atoms with van der Waals surface area (Å²) in [6.45, 7) is 7.53. The van der Waals surface area contributed by atoms with Crippen molar-refractivity contribution in [2.45, 2.75) is 26.3 Å². The van der Waals surface area contributed by atoms with E-state index in [-0.39, 0.29) is 5.91 Å². The molecule has 1 aromatic rings. The van der Waals surface area contributed by atoms with Crippen molar-refractivity contribution in [1.29, 1.82) is 0 Å². The largest absolute Gasteiger partial charge is 0.384 e. The van der Waals surface area contributed by atoms with Gasteiger partial charge in [0, 0.05) is 51.9 Å². The highest BCUT2D eigenvalue weighted by Crippen LogP contribution is 2.27. The van der Waals surface area contributed by atoms with Gasteiger partial charge in [0.2, 0.25) is 5.91 Å². The number of amides is 1. The number of rotatable bonds is 2. The van der Waals surface area contributed by atoms with Crippen LogP contribution in [0.1, 0.15) is 24.5 Å². The standard InChI is InChI=1S/C16H23N3O/c1-13(20)19-9-3-8-18(10-11-19)12-15-5-2-4-14-6-7-17-16(14)15/h2,4-5,17H,3,6-12H2,1H3. The topological polar surface area (TPSA) is 35.6 Å². The second kappa shape index (κ2) is 5.83. The number of anilines is 1. The molecule has 20 heavy (non-hydrogen) atoms. The molecule has 1 amide bonds. The van der Waals surface area contributed by atoms with Crippen LogP contribution in [-0.4, -0.2) is 48.4 Å². The predicted molar refractivity (Wildman–Crippen MR) is 80.8 cm³/mol. The van der Waals surface area contributed by atoms with Gasteiger partial charge in [-0.3, -0.25) is 9.69 Å². The molecule has 0 aromatic heterocycles. The second-order valence-electron chi connectivity index (χ2n) is 5.76. The molecule has 0 aliphatic carbocycles. The molecular formula is C16H23N3O. The highest BCUT2D eigenvalue weighted by Gasteiger charge is 2.19. The quantitative estimate of drug-likeness (QED) is 0.891. The van der Waals surface area contributed by atoms with E-state index in [1.807, 2.05) is 4.90 Å². The summed E-state index contributed by atoms with van der Waals surface area (Å²) < 4.78 is 0. The van der Waals surface area contributed by atoms with Gasteiger partial charge in [-0.25, -0.2) is 0 Å². The third kappa shape index (κ3) is 2.80. The lowest BCUT2D eigenvalue weighted by Gasteiger charge is -2.22. The van der Waals surface area contributed by atoms with Crippen molar-refractivity contribution in [2.75, 3.05) is 38.0 Å². The van der Waals surface area contributed by atoms with Crippen LogP contribution >= 0.6 is 0 Å². The Morgan fingerprint density at radius 3 is 3.00 bits per heavy atom. The summed E-state index contributed by atoms with van der Waals surface area (Å²) in [6, 6.07) is 6.62. The molecule has 4 heteroatoms. The monoisotopic (exact) mass is 273 g/mol. The van der Waals surface area contributed by atoms with Crippen LogP contribution in [0.3, 0.4) is 0 Å². The number of para-hydroxylation sites is 1. The first-order valence-electron chi connectivity index (χ1n) is 7.56. The van der Waals surface area contributed by atoms with Gasteiger partial charge < -0.3 is 10.2 Å². The minimum absolute atomic E-state index is 0.203. The zero-order chi connectivity index (χ0) is 13.9. The average molecular weight is 273 g/mol. The minimum atomic E-state index is 0.203. The second-order valence-corrected chi connectivity index (χ2v) is 5.76. The van der Waals surface area contributed by atoms with Gasteiger partial charge in [0.25, 0.3) is 0 Å². The molecule has 0 saturated carbocycles. The number of nitrogens with zero attached hydrogens (tertiary/aromatic N) is 2. The summed E-state index contributed by atoms with van der Waals surface area (Å²) in [6.07, 6.45) is 2.21. The molecule has 4 nitrogen and oxygen atoms in total. The van der Waals surface area contributed by atoms with Crippen molar-refractivity contribution in [1.82, 2.24) is 9.80 Å². The van der Waals surface area contributed by atoms with Crippen molar-refractivity contribution < 1.29 is 4.79 Å². The summed E-state index contributed by atoms with van der Waals surface area (Å²) in [5.41, 5.74) is 4.19. The van der Waals surface area contributed by atoms with Crippen molar-refractivity contribution in [2.24, 2.45) is 0 Å². The van der Waals surface area contributed by atoms with Gasteiger partial charge in [0.15, 0.2) is 0 Å². The first-order chi connectivity index (χ1) is 9.74. The Balaban J connectivity index is 1.66. The molecule has 0 atom stereocenters. The lowest BCUT2D eigenvalue weighted by atomic mass is 10.1. The molecular weight excluding hydrogens is 250 g/mol. The first kappa shape index (κ1) is 13.4. The van der Waals surface area contributed by atoms with Crippen molar-refractivity contribution in [3.05, 3.63) is 29.3 Å². The van der Waals surface area contributed by atoms with Crippen molar-refractivity contribution in [3.63, 3.8) is 0 Å². The minimum Gasteiger partial charge on any atom is -0.384 e. The van der Waals surface area contributed by atoms with Crippen LogP contribution in [0.2, 0.25) is 0 Å². The Hall–Kier alpha value is -1.55. The maximum absolute atomic E-state index is 11.5. The number of hydrogen-bond donors (Lipinski definition) is 1. The Morgan fingerprint density at radius 2 is 2.15 bits per heavy atom. The molecule has 1 fully saturated rings. The van der Waals surface area contributed by atoms with Crippen LogP contribution in [0.25, 0.3) is 0 Å². The van der Waals surface area contributed by atoms with E-state index in [0.29, 0.717) is 0 Å². The first-order valence-corrected chi connectivity index (χ1v) is 7.56. The summed E-state index contributed by atoms with van der Waals surface area (Å²) in [4.78, 5) is 15.9. The van der Waals surface area contributed by atoms with E-state index in [9.17, 15) is 4.79 Å². The van der Waals surface area contributed by atoms with E-state index in [4.69, 9.17) is 0 Å². The zero-order valence-electron chi connectivity index (χ0n) is 12.2. The Morgan fingerprint density at radius 1 is 1.25 bits per heavy atom. The van der Waals surface area contributed by atoms with Crippen molar-refractivity contribution in [3.8, 4) is 0 Å². The molecule has 1 saturated heterocycles. The molecule has 0 spiro atoms. The third-order valence-corrected chi connectivity index (χ3v) is 4.36. The SMILES string of the molecule is CC(=O)N1CCCN(Cc2cccc3c2NCC3)CC1. The summed E-state index contributed by atoms with van der Waals surface area (Å²) >= 11 is 0. The fourth-order valence-electron chi connectivity index (χ4n) is 3.23. The normalized spacial score (nSPS) is 19.4. The predicted octanol–water partition coefficient (Wildman–Crippen LogP) is 1.71. The zero-order valence-corrected chi connectivity index (χ0v) is 12.2. The molecule has 3 rings (SSSR count). The van der Waals surface area contributed by atoms with E-state index < -0.39 is 0 Å². The third-order valence-electron chi connectivity index (χ3n) is 4.36. The van der Waals surface area contributed by atoms with Gasteiger partial charge in [-0.2, -0.15) is 0 Å². The van der Waals surface area contributed by atoms with Crippen molar-refractivity contribution >= 4 is 11.6 Å². The van der Waals surface area contributed by atoms with Gasteiger partial charge in [-0.15, -0.1) is 0 Å². The maximum Gasteiger partial charge on any atom is 0.219 e. The van der Waals surface area contributed by atoms with Crippen LogP contribution < -0.4 is 5.32 Å². The summed E-state index contributed by atoms with van der Waals surface area (Å²) in [7, 11) is 0. The lowest BCUT2D eigenvalue weighted by molar-refractivity contribution is -0.128. The molecule has 2 aliphatic heterocycles. The number of benzene rings is 1. The number of nitrogens with one attached hydrogen (secondary N) is 1. The molecule has 2 aliphatic rings. The highest BCUT2D eigenvalue weighted by molar-refractivity contribution is 5.73. The van der Waals surface area contributed by atoms with Crippen LogP contribution in [-0.2, 0) is 17.8 Å². The fraction of sp³-hybridized carbons (Fsp3) is 0.562. The molecule has 0 radical (unpaired) electrons. The van der Waals surface area contributed by atoms with Gasteiger partial charge in [-0.1, -0.05) is 18.2 Å². The fourth-order valence-corrected chi connectivity index (χ4v) is 3.23. The Labute approximate surface area is 120 Å². The van der Waals surface area contributed by atoms with E-state index in [2.05, 4.69) is 28.4 Å². The van der Waals surface area contributed by atoms with Crippen LogP contribution in [0.5, 0.6) is 0 Å². The molecule has 2 heterocycles. The molecule has 0 unspecified atom stereocenters. The lowest BCUT2D eigenvalue weighted by Crippen LogP contribution is -2.33. The van der Waals surface area contributed by atoms with E-state index in [1.54, 1.807) is 6.92 Å². The number of hydrogen-bond acceptors (Lipinski definition) is 3. The molecule has 1 aromatic carbocycles. The van der Waals surface area contributed by atoms with Gasteiger partial charge >= 0.3 is 0 Å². The van der Waals surface area contributed by atoms with Gasteiger partial charge in [-0.05, 0) is 24.0 Å². The van der Waals surface area contributed by atoms with Crippen LogP contribution in [0.15, 0.2) is 18.2 Å². The van der Waals surface area contributed by atoms with Gasteiger partial charge in [0.1, 0.15) is 0 Å². The molecule has 108 valence electrons. The smallest absolute Gasteiger partial charge is 0.219 e. The van der Waals surface area contributed by atoms with E-state index in [0.717, 1.165) is 52.1 Å². The molecule has 1 N–H and O–H groups in total. The highest BCUT2D eigenvalue weighted by atomic mass is 16.2. The average Bonchev–Trinajstić information content (AvgIpc) is 2.79. The van der Waals surface area contributed by atoms with Crippen LogP contribution in [0, 0.1) is 0 Å². The van der Waals surface area contributed by atoms with Gasteiger partial charge in [0.05, 0.1) is 0 Å². The number of carbonyl (C=O) groups is 1.